The lowest BCUT2D eigenvalue weighted by molar-refractivity contribution is -0.153. The van der Waals surface area contributed by atoms with Gasteiger partial charge in [-0.15, -0.1) is 0 Å². The number of nitrogens with two attached hydrogens (primary N) is 1. The van der Waals surface area contributed by atoms with E-state index in [2.05, 4.69) is 18.7 Å². The van der Waals surface area contributed by atoms with Crippen LogP contribution in [0.3, 0.4) is 0 Å². The van der Waals surface area contributed by atoms with Gasteiger partial charge in [0.1, 0.15) is 0 Å². The van der Waals surface area contributed by atoms with Crippen molar-refractivity contribution in [2.45, 2.75) is 45.6 Å². The van der Waals surface area contributed by atoms with E-state index in [1.165, 1.54) is 12.8 Å². The quantitative estimate of drug-likeness (QED) is 0.715. The molecule has 0 aliphatic carbocycles. The molecule has 0 radical (unpaired) electrons. The number of carbonyl (C=O) groups excluding carboxylic acids is 1. The average molecular weight is 242 g/mol. The molecule has 0 aromatic rings. The van der Waals surface area contributed by atoms with Crippen molar-refractivity contribution >= 4 is 5.97 Å². The molecular formula is C13H26N2O2. The average Bonchev–Trinajstić information content (AvgIpc) is 2.84. The van der Waals surface area contributed by atoms with Crippen LogP contribution in [0.4, 0.5) is 0 Å². The molecular weight excluding hydrogens is 216 g/mol. The normalized spacial score (nSPS) is 22.1. The smallest absolute Gasteiger partial charge is 0.312 e. The number of likely N-dealkylation sites (tertiary alicyclic amines) is 1. The summed E-state index contributed by atoms with van der Waals surface area (Å²) in [5.74, 6) is -0.364. The molecule has 1 fully saturated rings. The number of carbonyl (C=O) groups is 1. The minimum absolute atomic E-state index is 0.147. The van der Waals surface area contributed by atoms with E-state index < -0.39 is 0 Å². The summed E-state index contributed by atoms with van der Waals surface area (Å²) in [5, 5.41) is 0. The lowest BCUT2D eigenvalue weighted by Gasteiger charge is -2.42. The fourth-order valence-electron chi connectivity index (χ4n) is 2.77. The summed E-state index contributed by atoms with van der Waals surface area (Å²) in [4.78, 5) is 14.4. The van der Waals surface area contributed by atoms with Crippen LogP contribution in [0.5, 0.6) is 0 Å². The van der Waals surface area contributed by atoms with Gasteiger partial charge in [0.25, 0.3) is 0 Å². The number of esters is 1. The highest BCUT2D eigenvalue weighted by atomic mass is 16.5. The summed E-state index contributed by atoms with van der Waals surface area (Å²) in [6.07, 6.45) is 3.36. The Morgan fingerprint density at radius 1 is 1.41 bits per heavy atom. The van der Waals surface area contributed by atoms with Gasteiger partial charge in [0.15, 0.2) is 0 Å². The number of rotatable bonds is 6. The van der Waals surface area contributed by atoms with Crippen LogP contribution >= 0.6 is 0 Å². The molecule has 0 bridgehead atoms. The molecule has 100 valence electrons. The third-order valence-electron chi connectivity index (χ3n) is 4.10. The first-order chi connectivity index (χ1) is 8.10. The zero-order chi connectivity index (χ0) is 12.9. The summed E-state index contributed by atoms with van der Waals surface area (Å²) in [6.45, 7) is 9.03. The lowest BCUT2D eigenvalue weighted by Crippen LogP contribution is -2.55. The van der Waals surface area contributed by atoms with Gasteiger partial charge in [0, 0.05) is 12.1 Å². The molecule has 4 nitrogen and oxygen atoms in total. The second kappa shape index (κ2) is 6.36. The summed E-state index contributed by atoms with van der Waals surface area (Å²) < 4.78 is 5.16. The third kappa shape index (κ3) is 2.99. The van der Waals surface area contributed by atoms with Crippen molar-refractivity contribution in [3.05, 3.63) is 0 Å². The Morgan fingerprint density at radius 2 is 2.00 bits per heavy atom. The molecule has 0 amide bonds. The predicted octanol–water partition coefficient (Wildman–Crippen LogP) is 1.39. The van der Waals surface area contributed by atoms with E-state index >= 15 is 0 Å². The molecule has 0 aromatic carbocycles. The fraction of sp³-hybridized carbons (Fsp3) is 0.923. The highest BCUT2D eigenvalue weighted by Crippen LogP contribution is 2.32. The summed E-state index contributed by atoms with van der Waals surface area (Å²) in [5.41, 5.74) is 5.65. The van der Waals surface area contributed by atoms with E-state index in [0.717, 1.165) is 19.5 Å². The minimum Gasteiger partial charge on any atom is -0.466 e. The molecule has 1 aliphatic rings. The number of hydrogen-bond donors (Lipinski definition) is 1. The molecule has 0 aromatic heterocycles. The van der Waals surface area contributed by atoms with Gasteiger partial charge in [0.05, 0.1) is 12.5 Å². The molecule has 1 heterocycles. The van der Waals surface area contributed by atoms with Gasteiger partial charge in [-0.05, 0) is 46.2 Å². The van der Waals surface area contributed by atoms with Crippen molar-refractivity contribution < 1.29 is 9.53 Å². The van der Waals surface area contributed by atoms with Crippen LogP contribution in [0.1, 0.15) is 40.0 Å². The van der Waals surface area contributed by atoms with Crippen molar-refractivity contribution in [2.24, 2.45) is 11.7 Å². The van der Waals surface area contributed by atoms with Crippen molar-refractivity contribution in [3.63, 3.8) is 0 Å². The Labute approximate surface area is 104 Å². The van der Waals surface area contributed by atoms with E-state index in [1.54, 1.807) is 0 Å². The largest absolute Gasteiger partial charge is 0.466 e. The van der Waals surface area contributed by atoms with Crippen LogP contribution in [0.2, 0.25) is 0 Å². The van der Waals surface area contributed by atoms with Gasteiger partial charge in [-0.25, -0.2) is 0 Å². The van der Waals surface area contributed by atoms with Gasteiger partial charge in [-0.1, -0.05) is 6.92 Å². The van der Waals surface area contributed by atoms with Gasteiger partial charge in [-0.2, -0.15) is 0 Å². The molecule has 4 heteroatoms. The first-order valence-electron chi connectivity index (χ1n) is 6.71. The second-order valence-corrected chi connectivity index (χ2v) is 4.95. The first-order valence-corrected chi connectivity index (χ1v) is 6.71. The van der Waals surface area contributed by atoms with E-state index in [4.69, 9.17) is 10.5 Å². The Morgan fingerprint density at radius 3 is 2.41 bits per heavy atom. The van der Waals surface area contributed by atoms with Crippen molar-refractivity contribution in [1.82, 2.24) is 4.90 Å². The van der Waals surface area contributed by atoms with E-state index in [9.17, 15) is 4.79 Å². The molecule has 2 atom stereocenters. The maximum Gasteiger partial charge on any atom is 0.312 e. The Balaban J connectivity index is 2.83. The maximum atomic E-state index is 12.0. The molecule has 1 rings (SSSR count). The second-order valence-electron chi connectivity index (χ2n) is 4.95. The highest BCUT2D eigenvalue weighted by Gasteiger charge is 2.43. The minimum atomic E-state index is -0.217. The molecule has 1 saturated heterocycles. The monoisotopic (exact) mass is 242 g/mol. The molecule has 2 unspecified atom stereocenters. The van der Waals surface area contributed by atoms with Crippen LogP contribution < -0.4 is 5.73 Å². The molecule has 2 N–H and O–H groups in total. The van der Waals surface area contributed by atoms with E-state index in [0.29, 0.717) is 13.2 Å². The predicted molar refractivity (Wildman–Crippen MR) is 68.7 cm³/mol. The van der Waals surface area contributed by atoms with Gasteiger partial charge in [0.2, 0.25) is 0 Å². The van der Waals surface area contributed by atoms with Crippen molar-refractivity contribution in [2.75, 3.05) is 26.2 Å². The fourth-order valence-corrected chi connectivity index (χ4v) is 2.77. The van der Waals surface area contributed by atoms with Gasteiger partial charge in [-0.3, -0.25) is 9.69 Å². The van der Waals surface area contributed by atoms with Crippen molar-refractivity contribution in [3.8, 4) is 0 Å². The zero-order valence-electron chi connectivity index (χ0n) is 11.4. The summed E-state index contributed by atoms with van der Waals surface area (Å²) in [6, 6.07) is 0. The SMILES string of the molecule is CCOC(=O)C(CN)C(C)(CC)N1CCCC1. The summed E-state index contributed by atoms with van der Waals surface area (Å²) in [7, 11) is 0. The Hall–Kier alpha value is -0.610. The maximum absolute atomic E-state index is 12.0. The van der Waals surface area contributed by atoms with Crippen LogP contribution in [-0.4, -0.2) is 42.6 Å². The molecule has 1 aliphatic heterocycles. The van der Waals surface area contributed by atoms with Gasteiger partial charge < -0.3 is 10.5 Å². The van der Waals surface area contributed by atoms with Crippen LogP contribution in [-0.2, 0) is 9.53 Å². The number of nitrogens with zero attached hydrogens (tertiary/aromatic N) is 1. The summed E-state index contributed by atoms with van der Waals surface area (Å²) >= 11 is 0. The third-order valence-corrected chi connectivity index (χ3v) is 4.10. The van der Waals surface area contributed by atoms with Crippen LogP contribution in [0.15, 0.2) is 0 Å². The molecule has 0 saturated carbocycles. The van der Waals surface area contributed by atoms with Crippen LogP contribution in [0, 0.1) is 5.92 Å². The number of ether oxygens (including phenoxy) is 1. The first kappa shape index (κ1) is 14.5. The van der Waals surface area contributed by atoms with E-state index in [-0.39, 0.29) is 17.4 Å². The molecule has 0 spiro atoms. The topological polar surface area (TPSA) is 55.6 Å². The lowest BCUT2D eigenvalue weighted by atomic mass is 9.81. The zero-order valence-corrected chi connectivity index (χ0v) is 11.4. The van der Waals surface area contributed by atoms with Crippen LogP contribution in [0.25, 0.3) is 0 Å². The Kier molecular flexibility index (Phi) is 5.40. The van der Waals surface area contributed by atoms with Gasteiger partial charge >= 0.3 is 5.97 Å². The standard InChI is InChI=1S/C13H26N2O2/c1-4-13(3,15-8-6-7-9-15)11(10-14)12(16)17-5-2/h11H,4-10,14H2,1-3H3. The molecule has 17 heavy (non-hydrogen) atoms. The van der Waals surface area contributed by atoms with E-state index in [1.807, 2.05) is 6.92 Å². The Bertz CT molecular complexity index is 252. The highest BCUT2D eigenvalue weighted by molar-refractivity contribution is 5.74. The number of hydrogen-bond acceptors (Lipinski definition) is 4. The van der Waals surface area contributed by atoms with Crippen molar-refractivity contribution in [1.29, 1.82) is 0 Å².